The van der Waals surface area contributed by atoms with Crippen LogP contribution in [0.3, 0.4) is 0 Å². The van der Waals surface area contributed by atoms with E-state index in [9.17, 15) is 9.59 Å². The summed E-state index contributed by atoms with van der Waals surface area (Å²) in [7, 11) is 0. The number of fused-ring (bicyclic) bond motifs is 1. The molecule has 0 fully saturated rings. The molecule has 0 aliphatic rings. The lowest BCUT2D eigenvalue weighted by Gasteiger charge is -2.07. The maximum atomic E-state index is 12.4. The smallest absolute Gasteiger partial charge is 0.251 e. The minimum atomic E-state index is -0.115. The Labute approximate surface area is 140 Å². The van der Waals surface area contributed by atoms with E-state index in [1.807, 2.05) is 32.9 Å². The molecule has 3 aromatic rings. The Kier molecular flexibility index (Phi) is 4.21. The van der Waals surface area contributed by atoms with Crippen LogP contribution in [-0.2, 0) is 0 Å². The van der Waals surface area contributed by atoms with Gasteiger partial charge in [0.15, 0.2) is 5.43 Å². The van der Waals surface area contributed by atoms with Gasteiger partial charge in [-0.3, -0.25) is 9.59 Å². The fraction of sp³-hybridized carbons (Fsp3) is 0.200. The van der Waals surface area contributed by atoms with Gasteiger partial charge in [-0.2, -0.15) is 0 Å². The van der Waals surface area contributed by atoms with Crippen LogP contribution < -0.4 is 10.7 Å². The minimum absolute atomic E-state index is 0.0640. The highest BCUT2D eigenvalue weighted by molar-refractivity contribution is 5.94. The molecule has 0 atom stereocenters. The van der Waals surface area contributed by atoms with E-state index in [0.29, 0.717) is 28.8 Å². The molecular formula is C20H19NO3. The summed E-state index contributed by atoms with van der Waals surface area (Å²) in [6, 6.07) is 12.4. The van der Waals surface area contributed by atoms with Gasteiger partial charge >= 0.3 is 0 Å². The molecule has 1 N–H and O–H groups in total. The number of hydrogen-bond donors (Lipinski definition) is 1. The number of carbonyl (C=O) groups is 1. The Balaban J connectivity index is 2.07. The average Bonchev–Trinajstić information content (AvgIpc) is 2.56. The molecule has 1 amide bonds. The van der Waals surface area contributed by atoms with Crippen molar-refractivity contribution in [1.29, 1.82) is 0 Å². The van der Waals surface area contributed by atoms with Crippen LogP contribution in [0.4, 0.5) is 0 Å². The van der Waals surface area contributed by atoms with E-state index in [4.69, 9.17) is 4.42 Å². The van der Waals surface area contributed by atoms with Gasteiger partial charge in [-0.1, -0.05) is 18.2 Å². The SMILES string of the molecule is CCNC(=O)c1ccc(-c2cc(=O)c3cc(C)cc(C)c3o2)cc1. The lowest BCUT2D eigenvalue weighted by molar-refractivity contribution is 0.0956. The number of carbonyl (C=O) groups excluding carboxylic acids is 1. The van der Waals surface area contributed by atoms with Gasteiger partial charge in [-0.15, -0.1) is 0 Å². The Morgan fingerprint density at radius 3 is 2.46 bits per heavy atom. The second kappa shape index (κ2) is 6.32. The Bertz CT molecular complexity index is 969. The van der Waals surface area contributed by atoms with E-state index < -0.39 is 0 Å². The molecule has 0 aliphatic heterocycles. The van der Waals surface area contributed by atoms with E-state index in [2.05, 4.69) is 5.32 Å². The summed E-state index contributed by atoms with van der Waals surface area (Å²) in [5, 5.41) is 3.35. The van der Waals surface area contributed by atoms with E-state index in [0.717, 1.165) is 16.7 Å². The van der Waals surface area contributed by atoms with Gasteiger partial charge < -0.3 is 9.73 Å². The first-order chi connectivity index (χ1) is 11.5. The summed E-state index contributed by atoms with van der Waals surface area (Å²) >= 11 is 0. The quantitative estimate of drug-likeness (QED) is 0.797. The van der Waals surface area contributed by atoms with Crippen molar-refractivity contribution in [2.45, 2.75) is 20.8 Å². The van der Waals surface area contributed by atoms with Crippen LogP contribution in [0, 0.1) is 13.8 Å². The number of rotatable bonds is 3. The maximum absolute atomic E-state index is 12.4. The summed E-state index contributed by atoms with van der Waals surface area (Å²) in [6.07, 6.45) is 0. The molecule has 0 bridgehead atoms. The third-order valence-electron chi connectivity index (χ3n) is 3.93. The molecule has 1 aromatic heterocycles. The summed E-state index contributed by atoms with van der Waals surface area (Å²) in [4.78, 5) is 24.2. The number of nitrogens with one attached hydrogen (secondary N) is 1. The molecule has 0 aliphatic carbocycles. The van der Waals surface area contributed by atoms with Crippen molar-refractivity contribution in [3.63, 3.8) is 0 Å². The first-order valence-corrected chi connectivity index (χ1v) is 7.93. The van der Waals surface area contributed by atoms with E-state index in [1.54, 1.807) is 24.3 Å². The van der Waals surface area contributed by atoms with E-state index in [1.165, 1.54) is 6.07 Å². The zero-order chi connectivity index (χ0) is 17.3. The number of hydrogen-bond acceptors (Lipinski definition) is 3. The van der Waals surface area contributed by atoms with Crippen molar-refractivity contribution in [3.05, 3.63) is 69.4 Å². The third-order valence-corrected chi connectivity index (χ3v) is 3.93. The van der Waals surface area contributed by atoms with Crippen LogP contribution in [0.2, 0.25) is 0 Å². The van der Waals surface area contributed by atoms with Crippen molar-refractivity contribution in [3.8, 4) is 11.3 Å². The van der Waals surface area contributed by atoms with Gasteiger partial charge in [-0.25, -0.2) is 0 Å². The summed E-state index contributed by atoms with van der Waals surface area (Å²) in [5.74, 6) is 0.386. The Morgan fingerprint density at radius 1 is 1.08 bits per heavy atom. The van der Waals surface area contributed by atoms with Gasteiger partial charge in [0, 0.05) is 23.7 Å². The number of benzene rings is 2. The lowest BCUT2D eigenvalue weighted by Crippen LogP contribution is -2.22. The molecule has 0 spiro atoms. The normalized spacial score (nSPS) is 10.8. The molecule has 4 nitrogen and oxygen atoms in total. The maximum Gasteiger partial charge on any atom is 0.251 e. The first kappa shape index (κ1) is 16.0. The summed E-state index contributed by atoms with van der Waals surface area (Å²) < 4.78 is 5.96. The Hall–Kier alpha value is -2.88. The van der Waals surface area contributed by atoms with Crippen LogP contribution in [0.25, 0.3) is 22.3 Å². The molecule has 2 aromatic carbocycles. The highest BCUT2D eigenvalue weighted by atomic mass is 16.3. The average molecular weight is 321 g/mol. The van der Waals surface area contributed by atoms with Gasteiger partial charge in [0.2, 0.25) is 0 Å². The Morgan fingerprint density at radius 2 is 1.79 bits per heavy atom. The number of amides is 1. The molecule has 122 valence electrons. The molecule has 3 rings (SSSR count). The second-order valence-electron chi connectivity index (χ2n) is 5.87. The molecule has 1 heterocycles. The van der Waals surface area contributed by atoms with Crippen molar-refractivity contribution >= 4 is 16.9 Å². The zero-order valence-corrected chi connectivity index (χ0v) is 14.0. The van der Waals surface area contributed by atoms with Crippen LogP contribution in [0.5, 0.6) is 0 Å². The molecule has 4 heteroatoms. The highest BCUT2D eigenvalue weighted by Crippen LogP contribution is 2.25. The van der Waals surface area contributed by atoms with Crippen molar-refractivity contribution < 1.29 is 9.21 Å². The largest absolute Gasteiger partial charge is 0.456 e. The van der Waals surface area contributed by atoms with Crippen molar-refractivity contribution in [1.82, 2.24) is 5.32 Å². The number of aryl methyl sites for hydroxylation is 2. The van der Waals surface area contributed by atoms with E-state index in [-0.39, 0.29) is 11.3 Å². The summed E-state index contributed by atoms with van der Waals surface area (Å²) in [5.41, 5.74) is 3.86. The van der Waals surface area contributed by atoms with Crippen molar-refractivity contribution in [2.24, 2.45) is 0 Å². The first-order valence-electron chi connectivity index (χ1n) is 7.93. The fourth-order valence-electron chi connectivity index (χ4n) is 2.80. The van der Waals surface area contributed by atoms with E-state index >= 15 is 0 Å². The predicted molar refractivity (Wildman–Crippen MR) is 95.4 cm³/mol. The van der Waals surface area contributed by atoms with Gasteiger partial charge in [0.05, 0.1) is 5.39 Å². The monoisotopic (exact) mass is 321 g/mol. The molecule has 0 saturated carbocycles. The molecular weight excluding hydrogens is 302 g/mol. The minimum Gasteiger partial charge on any atom is -0.456 e. The lowest BCUT2D eigenvalue weighted by atomic mass is 10.1. The standard InChI is InChI=1S/C20H19NO3/c1-4-21-20(23)15-7-5-14(6-8-15)18-11-17(22)16-10-12(2)9-13(3)19(16)24-18/h5-11H,4H2,1-3H3,(H,21,23). The second-order valence-corrected chi connectivity index (χ2v) is 5.87. The van der Waals surface area contributed by atoms with Crippen LogP contribution in [-0.4, -0.2) is 12.5 Å². The van der Waals surface area contributed by atoms with Crippen LogP contribution in [0.15, 0.2) is 51.7 Å². The molecule has 0 unspecified atom stereocenters. The molecule has 0 radical (unpaired) electrons. The topological polar surface area (TPSA) is 59.3 Å². The van der Waals surface area contributed by atoms with Crippen LogP contribution in [0.1, 0.15) is 28.4 Å². The van der Waals surface area contributed by atoms with Crippen LogP contribution >= 0.6 is 0 Å². The third kappa shape index (κ3) is 2.95. The highest BCUT2D eigenvalue weighted by Gasteiger charge is 2.11. The molecule has 0 saturated heterocycles. The van der Waals surface area contributed by atoms with Gasteiger partial charge in [-0.05, 0) is 50.1 Å². The summed E-state index contributed by atoms with van der Waals surface area (Å²) in [6.45, 7) is 6.35. The van der Waals surface area contributed by atoms with Crippen molar-refractivity contribution in [2.75, 3.05) is 6.54 Å². The predicted octanol–water partition coefficient (Wildman–Crippen LogP) is 3.83. The van der Waals surface area contributed by atoms with Gasteiger partial charge in [0.1, 0.15) is 11.3 Å². The fourth-order valence-corrected chi connectivity index (χ4v) is 2.80. The van der Waals surface area contributed by atoms with Gasteiger partial charge in [0.25, 0.3) is 5.91 Å². The zero-order valence-electron chi connectivity index (χ0n) is 14.0. The molecule has 24 heavy (non-hydrogen) atoms.